The topological polar surface area (TPSA) is 46.6 Å². The lowest BCUT2D eigenvalue weighted by atomic mass is 9.82. The standard InChI is InChI=1S/C13H24BrNO3S2/c1-2-20(16,17)12-9-19-8-5-15(12)11-13(10-14)3-6-18-7-4-13/h12H,2-11H2,1H3. The Balaban J connectivity index is 2.11. The highest BCUT2D eigenvalue weighted by Crippen LogP contribution is 2.35. The van der Waals surface area contributed by atoms with Gasteiger partial charge in [0, 0.05) is 48.9 Å². The van der Waals surface area contributed by atoms with E-state index in [1.54, 1.807) is 18.7 Å². The number of sulfone groups is 1. The summed E-state index contributed by atoms with van der Waals surface area (Å²) in [5.41, 5.74) is 0.168. The molecule has 2 rings (SSSR count). The van der Waals surface area contributed by atoms with Crippen LogP contribution in [0.2, 0.25) is 0 Å². The van der Waals surface area contributed by atoms with E-state index in [0.29, 0.717) is 5.75 Å². The highest BCUT2D eigenvalue weighted by Gasteiger charge is 2.39. The van der Waals surface area contributed by atoms with Crippen LogP contribution >= 0.6 is 27.7 Å². The van der Waals surface area contributed by atoms with Gasteiger partial charge in [0.1, 0.15) is 5.37 Å². The molecular formula is C13H24BrNO3S2. The summed E-state index contributed by atoms with van der Waals surface area (Å²) in [4.78, 5) is 2.21. The minimum Gasteiger partial charge on any atom is -0.381 e. The van der Waals surface area contributed by atoms with Crippen LogP contribution in [-0.4, -0.2) is 67.6 Å². The molecule has 0 aliphatic carbocycles. The third kappa shape index (κ3) is 3.91. The van der Waals surface area contributed by atoms with Crippen molar-refractivity contribution in [3.8, 4) is 0 Å². The van der Waals surface area contributed by atoms with Crippen molar-refractivity contribution in [2.75, 3.05) is 48.9 Å². The second-order valence-corrected chi connectivity index (χ2v) is 9.86. The average molecular weight is 386 g/mol. The molecule has 2 aliphatic rings. The van der Waals surface area contributed by atoms with Gasteiger partial charge in [-0.15, -0.1) is 0 Å². The lowest BCUT2D eigenvalue weighted by Gasteiger charge is -2.43. The fourth-order valence-corrected chi connectivity index (χ4v) is 6.71. The highest BCUT2D eigenvalue weighted by atomic mass is 79.9. The minimum atomic E-state index is -3.00. The molecule has 0 N–H and O–H groups in total. The van der Waals surface area contributed by atoms with Crippen LogP contribution in [-0.2, 0) is 14.6 Å². The first-order chi connectivity index (χ1) is 9.53. The highest BCUT2D eigenvalue weighted by molar-refractivity contribution is 9.09. The molecule has 1 atom stereocenters. The number of hydrogen-bond acceptors (Lipinski definition) is 5. The fraction of sp³-hybridized carbons (Fsp3) is 1.00. The van der Waals surface area contributed by atoms with Crippen molar-refractivity contribution in [3.63, 3.8) is 0 Å². The predicted octanol–water partition coefficient (Wildman–Crippen LogP) is 1.99. The first-order valence-electron chi connectivity index (χ1n) is 7.20. The van der Waals surface area contributed by atoms with Crippen molar-refractivity contribution in [1.82, 2.24) is 4.90 Å². The number of alkyl halides is 1. The SMILES string of the molecule is CCS(=O)(=O)C1CSCCN1CC1(CBr)CCOCC1. The summed E-state index contributed by atoms with van der Waals surface area (Å²) < 4.78 is 30.1. The van der Waals surface area contributed by atoms with Crippen molar-refractivity contribution in [2.45, 2.75) is 25.1 Å². The first-order valence-corrected chi connectivity index (χ1v) is 11.2. The van der Waals surface area contributed by atoms with Gasteiger partial charge < -0.3 is 4.74 Å². The predicted molar refractivity (Wildman–Crippen MR) is 88.4 cm³/mol. The molecule has 4 nitrogen and oxygen atoms in total. The van der Waals surface area contributed by atoms with Gasteiger partial charge in [0.25, 0.3) is 0 Å². The summed E-state index contributed by atoms with van der Waals surface area (Å²) >= 11 is 5.41. The lowest BCUT2D eigenvalue weighted by molar-refractivity contribution is 0.00748. The summed E-state index contributed by atoms with van der Waals surface area (Å²) in [7, 11) is -3.00. The second kappa shape index (κ2) is 7.31. The average Bonchev–Trinajstić information content (AvgIpc) is 2.48. The van der Waals surface area contributed by atoms with E-state index < -0.39 is 9.84 Å². The zero-order chi connectivity index (χ0) is 14.6. The van der Waals surface area contributed by atoms with Gasteiger partial charge >= 0.3 is 0 Å². The molecule has 0 aromatic heterocycles. The monoisotopic (exact) mass is 385 g/mol. The number of ether oxygens (including phenoxy) is 1. The second-order valence-electron chi connectivity index (χ2n) is 5.70. The Morgan fingerprint density at radius 3 is 2.70 bits per heavy atom. The Bertz CT molecular complexity index is 410. The number of nitrogens with zero attached hydrogens (tertiary/aromatic N) is 1. The molecule has 7 heteroatoms. The van der Waals surface area contributed by atoms with E-state index in [1.807, 2.05) is 0 Å². The number of rotatable bonds is 5. The Morgan fingerprint density at radius 2 is 2.10 bits per heavy atom. The van der Waals surface area contributed by atoms with Crippen LogP contribution in [0.15, 0.2) is 0 Å². The molecule has 0 bridgehead atoms. The minimum absolute atomic E-state index is 0.168. The van der Waals surface area contributed by atoms with Gasteiger partial charge in [0.2, 0.25) is 0 Å². The van der Waals surface area contributed by atoms with Crippen LogP contribution in [0.5, 0.6) is 0 Å². The van der Waals surface area contributed by atoms with Gasteiger partial charge in [0.15, 0.2) is 9.84 Å². The van der Waals surface area contributed by atoms with Crippen LogP contribution in [0.4, 0.5) is 0 Å². The summed E-state index contributed by atoms with van der Waals surface area (Å²) in [6.45, 7) is 5.08. The zero-order valence-electron chi connectivity index (χ0n) is 12.0. The number of hydrogen-bond donors (Lipinski definition) is 0. The maximum absolute atomic E-state index is 12.3. The van der Waals surface area contributed by atoms with Gasteiger partial charge in [-0.3, -0.25) is 4.90 Å². The van der Waals surface area contributed by atoms with Gasteiger partial charge in [-0.25, -0.2) is 8.42 Å². The van der Waals surface area contributed by atoms with E-state index in [4.69, 9.17) is 4.74 Å². The lowest BCUT2D eigenvalue weighted by Crippen LogP contribution is -2.53. The van der Waals surface area contributed by atoms with Crippen molar-refractivity contribution >= 4 is 37.5 Å². The molecular weight excluding hydrogens is 362 g/mol. The molecule has 0 aromatic rings. The number of halogens is 1. The Kier molecular flexibility index (Phi) is 6.23. The molecule has 0 amide bonds. The van der Waals surface area contributed by atoms with E-state index >= 15 is 0 Å². The van der Waals surface area contributed by atoms with Crippen LogP contribution in [0.3, 0.4) is 0 Å². The van der Waals surface area contributed by atoms with E-state index in [0.717, 1.165) is 50.2 Å². The van der Waals surface area contributed by atoms with Crippen molar-refractivity contribution in [2.24, 2.45) is 5.41 Å². The summed E-state index contributed by atoms with van der Waals surface area (Å²) in [6, 6.07) is 0. The Morgan fingerprint density at radius 1 is 1.40 bits per heavy atom. The molecule has 0 saturated carbocycles. The van der Waals surface area contributed by atoms with Gasteiger partial charge in [0.05, 0.1) is 0 Å². The molecule has 0 spiro atoms. The van der Waals surface area contributed by atoms with E-state index in [9.17, 15) is 8.42 Å². The fourth-order valence-electron chi connectivity index (χ4n) is 2.89. The summed E-state index contributed by atoms with van der Waals surface area (Å²) in [5, 5.41) is 0.622. The van der Waals surface area contributed by atoms with E-state index in [1.165, 1.54) is 0 Å². The summed E-state index contributed by atoms with van der Waals surface area (Å²) in [6.07, 6.45) is 2.03. The van der Waals surface area contributed by atoms with Crippen LogP contribution in [0, 0.1) is 5.41 Å². The third-order valence-corrected chi connectivity index (χ3v) is 8.90. The van der Waals surface area contributed by atoms with Gasteiger partial charge in [-0.05, 0) is 18.3 Å². The van der Waals surface area contributed by atoms with Crippen LogP contribution in [0.1, 0.15) is 19.8 Å². The molecule has 2 heterocycles. The molecule has 0 radical (unpaired) electrons. The maximum Gasteiger partial charge on any atom is 0.166 e. The van der Waals surface area contributed by atoms with Crippen molar-refractivity contribution < 1.29 is 13.2 Å². The van der Waals surface area contributed by atoms with E-state index in [2.05, 4.69) is 20.8 Å². The molecule has 0 aromatic carbocycles. The molecule has 2 saturated heterocycles. The quantitative estimate of drug-likeness (QED) is 0.677. The largest absolute Gasteiger partial charge is 0.381 e. The van der Waals surface area contributed by atoms with Gasteiger partial charge in [-0.1, -0.05) is 22.9 Å². The van der Waals surface area contributed by atoms with Crippen molar-refractivity contribution in [3.05, 3.63) is 0 Å². The van der Waals surface area contributed by atoms with Crippen molar-refractivity contribution in [1.29, 1.82) is 0 Å². The Labute approximate surface area is 135 Å². The summed E-state index contributed by atoms with van der Waals surface area (Å²) in [5.74, 6) is 1.98. The Hall–Kier alpha value is 0.700. The first kappa shape index (κ1) is 17.1. The molecule has 2 aliphatic heterocycles. The smallest absolute Gasteiger partial charge is 0.166 e. The molecule has 118 valence electrons. The molecule has 1 unspecified atom stereocenters. The van der Waals surface area contributed by atoms with Crippen LogP contribution < -0.4 is 0 Å². The number of thioether (sulfide) groups is 1. The third-order valence-electron chi connectivity index (χ3n) is 4.38. The maximum atomic E-state index is 12.3. The van der Waals surface area contributed by atoms with E-state index in [-0.39, 0.29) is 16.5 Å². The zero-order valence-corrected chi connectivity index (χ0v) is 15.2. The molecule has 2 fully saturated rings. The van der Waals surface area contributed by atoms with Gasteiger partial charge in [-0.2, -0.15) is 11.8 Å². The normalized spacial score (nSPS) is 28.4. The molecule has 20 heavy (non-hydrogen) atoms. The van der Waals surface area contributed by atoms with Crippen LogP contribution in [0.25, 0.3) is 0 Å².